The molecule has 2 aromatic rings. The Bertz CT molecular complexity index is 843. The summed E-state index contributed by atoms with van der Waals surface area (Å²) in [5.41, 5.74) is 2.13. The molecule has 1 aromatic heterocycles. The van der Waals surface area contributed by atoms with Gasteiger partial charge in [0.25, 0.3) is 0 Å². The molecule has 3 aliphatic heterocycles. The number of nitrogens with one attached hydrogen (secondary N) is 1. The number of hydrogen-bond acceptors (Lipinski definition) is 4. The average molecular weight is 520 g/mol. The molecule has 3 aliphatic rings. The Hall–Kier alpha value is -1.87. The van der Waals surface area contributed by atoms with Crippen molar-refractivity contribution in [3.05, 3.63) is 59.9 Å². The number of halogens is 1. The van der Waals surface area contributed by atoms with Crippen molar-refractivity contribution in [2.75, 3.05) is 20.1 Å². The van der Waals surface area contributed by atoms with Gasteiger partial charge in [0.05, 0.1) is 17.9 Å². The van der Waals surface area contributed by atoms with Gasteiger partial charge < -0.3 is 19.7 Å². The second kappa shape index (κ2) is 9.51. The topological polar surface area (TPSA) is 59.0 Å². The van der Waals surface area contributed by atoms with Crippen LogP contribution in [-0.4, -0.2) is 48.2 Å². The van der Waals surface area contributed by atoms with Crippen LogP contribution in [0, 0.1) is 11.8 Å². The van der Waals surface area contributed by atoms with Crippen LogP contribution in [0.25, 0.3) is 0 Å². The Morgan fingerprint density at radius 2 is 1.87 bits per heavy atom. The third-order valence-corrected chi connectivity index (χ3v) is 6.45. The van der Waals surface area contributed by atoms with E-state index in [9.17, 15) is 0 Å². The number of pyridine rings is 1. The highest BCUT2D eigenvalue weighted by atomic mass is 127. The van der Waals surface area contributed by atoms with E-state index in [0.29, 0.717) is 30.7 Å². The van der Waals surface area contributed by atoms with Crippen molar-refractivity contribution in [1.29, 1.82) is 0 Å². The van der Waals surface area contributed by atoms with Gasteiger partial charge in [0.2, 0.25) is 0 Å². The van der Waals surface area contributed by atoms with Crippen LogP contribution < -0.4 is 10.1 Å². The predicted octanol–water partition coefficient (Wildman–Crippen LogP) is 3.46. The molecule has 3 fully saturated rings. The van der Waals surface area contributed by atoms with Gasteiger partial charge in [0.1, 0.15) is 12.4 Å². The zero-order chi connectivity index (χ0) is 19.6. The smallest absolute Gasteiger partial charge is 0.193 e. The number of hydrogen-bond donors (Lipinski definition) is 1. The first-order valence-electron chi connectivity index (χ1n) is 10.5. The van der Waals surface area contributed by atoms with Gasteiger partial charge in [-0.15, -0.1) is 24.0 Å². The maximum absolute atomic E-state index is 6.09. The molecule has 1 aromatic carbocycles. The minimum atomic E-state index is 0. The summed E-state index contributed by atoms with van der Waals surface area (Å²) < 4.78 is 11.9. The first kappa shape index (κ1) is 21.4. The lowest BCUT2D eigenvalue weighted by molar-refractivity contribution is 0.0767. The number of likely N-dealkylation sites (tertiary alicyclic amines) is 1. The fourth-order valence-electron chi connectivity index (χ4n) is 4.99. The molecule has 0 amide bonds. The largest absolute Gasteiger partial charge is 0.487 e. The quantitative estimate of drug-likeness (QED) is 0.372. The molecular weight excluding hydrogens is 491 g/mol. The molecule has 4 heterocycles. The highest BCUT2D eigenvalue weighted by Gasteiger charge is 2.53. The van der Waals surface area contributed by atoms with Gasteiger partial charge in [-0.3, -0.25) is 9.98 Å². The number of benzene rings is 1. The van der Waals surface area contributed by atoms with Crippen molar-refractivity contribution in [2.24, 2.45) is 16.8 Å². The highest BCUT2D eigenvalue weighted by molar-refractivity contribution is 14.0. The number of aliphatic imine (C=N–C) groups is 1. The van der Waals surface area contributed by atoms with E-state index in [-0.39, 0.29) is 24.0 Å². The van der Waals surface area contributed by atoms with E-state index in [0.717, 1.165) is 37.0 Å². The van der Waals surface area contributed by atoms with E-state index < -0.39 is 0 Å². The van der Waals surface area contributed by atoms with Gasteiger partial charge in [-0.25, -0.2) is 0 Å². The Labute approximate surface area is 195 Å². The third kappa shape index (κ3) is 4.42. The Morgan fingerprint density at radius 1 is 1.13 bits per heavy atom. The lowest BCUT2D eigenvalue weighted by Crippen LogP contribution is -2.40. The minimum Gasteiger partial charge on any atom is -0.487 e. The monoisotopic (exact) mass is 520 g/mol. The van der Waals surface area contributed by atoms with E-state index in [2.05, 4.69) is 32.3 Å². The zero-order valence-corrected chi connectivity index (χ0v) is 19.6. The van der Waals surface area contributed by atoms with E-state index >= 15 is 0 Å². The summed E-state index contributed by atoms with van der Waals surface area (Å²) in [7, 11) is 1.87. The van der Waals surface area contributed by atoms with Crippen LogP contribution in [0.15, 0.2) is 53.7 Å². The summed E-state index contributed by atoms with van der Waals surface area (Å²) in [6, 6.07) is 14.1. The van der Waals surface area contributed by atoms with Crippen LogP contribution in [0.5, 0.6) is 5.75 Å². The molecule has 4 unspecified atom stereocenters. The molecular formula is C23H29IN4O2. The summed E-state index contributed by atoms with van der Waals surface area (Å²) in [6.07, 6.45) is 5.21. The van der Waals surface area contributed by atoms with Gasteiger partial charge in [-0.1, -0.05) is 18.2 Å². The molecule has 3 saturated heterocycles. The highest BCUT2D eigenvalue weighted by Crippen LogP contribution is 2.47. The molecule has 5 rings (SSSR count). The first-order chi connectivity index (χ1) is 14.3. The van der Waals surface area contributed by atoms with Crippen LogP contribution in [0.1, 0.15) is 24.1 Å². The number of nitrogens with zero attached hydrogens (tertiary/aromatic N) is 3. The SMILES string of the molecule is CN=C(NCc1ccc(OCc2ccccn2)cc1)N1CC2C3CCC(O3)C2C1.I. The van der Waals surface area contributed by atoms with Crippen LogP contribution in [0.3, 0.4) is 0 Å². The molecule has 30 heavy (non-hydrogen) atoms. The van der Waals surface area contributed by atoms with Crippen LogP contribution >= 0.6 is 24.0 Å². The maximum atomic E-state index is 6.09. The molecule has 2 bridgehead atoms. The molecule has 0 radical (unpaired) electrons. The molecule has 0 saturated carbocycles. The zero-order valence-electron chi connectivity index (χ0n) is 17.2. The molecule has 7 heteroatoms. The number of aromatic nitrogens is 1. The second-order valence-electron chi connectivity index (χ2n) is 8.18. The number of ether oxygens (including phenoxy) is 2. The van der Waals surface area contributed by atoms with Crippen molar-refractivity contribution < 1.29 is 9.47 Å². The molecule has 6 nitrogen and oxygen atoms in total. The van der Waals surface area contributed by atoms with E-state index in [1.54, 1.807) is 6.20 Å². The summed E-state index contributed by atoms with van der Waals surface area (Å²) in [6.45, 7) is 3.36. The van der Waals surface area contributed by atoms with Crippen molar-refractivity contribution in [2.45, 2.75) is 38.2 Å². The number of guanidine groups is 1. The number of fused-ring (bicyclic) bond motifs is 5. The van der Waals surface area contributed by atoms with Crippen molar-refractivity contribution >= 4 is 29.9 Å². The lowest BCUT2D eigenvalue weighted by Gasteiger charge is -2.23. The van der Waals surface area contributed by atoms with Crippen LogP contribution in [-0.2, 0) is 17.9 Å². The van der Waals surface area contributed by atoms with Gasteiger partial charge >= 0.3 is 0 Å². The van der Waals surface area contributed by atoms with Crippen molar-refractivity contribution in [3.8, 4) is 5.75 Å². The van der Waals surface area contributed by atoms with E-state index in [4.69, 9.17) is 9.47 Å². The fourth-order valence-corrected chi connectivity index (χ4v) is 4.99. The van der Waals surface area contributed by atoms with E-state index in [1.165, 1.54) is 18.4 Å². The Kier molecular flexibility index (Phi) is 6.77. The summed E-state index contributed by atoms with van der Waals surface area (Å²) in [4.78, 5) is 11.2. The normalized spacial score (nSPS) is 27.0. The summed E-state index contributed by atoms with van der Waals surface area (Å²) in [5.74, 6) is 3.21. The molecule has 0 spiro atoms. The number of rotatable bonds is 5. The Morgan fingerprint density at radius 3 is 2.50 bits per heavy atom. The predicted molar refractivity (Wildman–Crippen MR) is 127 cm³/mol. The minimum absolute atomic E-state index is 0. The second-order valence-corrected chi connectivity index (χ2v) is 8.18. The summed E-state index contributed by atoms with van der Waals surface area (Å²) >= 11 is 0. The average Bonchev–Trinajstić information content (AvgIpc) is 3.48. The first-order valence-corrected chi connectivity index (χ1v) is 10.5. The maximum Gasteiger partial charge on any atom is 0.193 e. The molecule has 0 aliphatic carbocycles. The van der Waals surface area contributed by atoms with Gasteiger partial charge in [-0.2, -0.15) is 0 Å². The van der Waals surface area contributed by atoms with Crippen LogP contribution in [0.4, 0.5) is 0 Å². The standard InChI is InChI=1S/C23H28N4O2.HI/c1-24-23(27-13-19-20(14-27)22-10-9-21(19)29-22)26-12-16-5-7-18(8-6-16)28-15-17-4-2-3-11-25-17;/h2-8,11,19-22H,9-10,12-15H2,1H3,(H,24,26);1H. The van der Waals surface area contributed by atoms with Crippen molar-refractivity contribution in [1.82, 2.24) is 15.2 Å². The van der Waals surface area contributed by atoms with Gasteiger partial charge in [-0.05, 0) is 42.7 Å². The summed E-state index contributed by atoms with van der Waals surface area (Å²) in [5, 5.41) is 3.53. The van der Waals surface area contributed by atoms with Gasteiger partial charge in [0.15, 0.2) is 5.96 Å². The molecule has 4 atom stereocenters. The molecule has 160 valence electrons. The van der Waals surface area contributed by atoms with Gasteiger partial charge in [0, 0.05) is 44.7 Å². The van der Waals surface area contributed by atoms with Crippen molar-refractivity contribution in [3.63, 3.8) is 0 Å². The fraction of sp³-hybridized carbons (Fsp3) is 0.478. The Balaban J connectivity index is 0.00000218. The molecule has 1 N–H and O–H groups in total. The van der Waals surface area contributed by atoms with E-state index in [1.807, 2.05) is 37.4 Å². The third-order valence-electron chi connectivity index (χ3n) is 6.45. The van der Waals surface area contributed by atoms with Crippen LogP contribution in [0.2, 0.25) is 0 Å². The lowest BCUT2D eigenvalue weighted by atomic mass is 9.82.